The number of hydrogen-bond acceptors (Lipinski definition) is 2. The summed E-state index contributed by atoms with van der Waals surface area (Å²) in [5, 5.41) is 2.27. The Labute approximate surface area is 112 Å². The lowest BCUT2D eigenvalue weighted by molar-refractivity contribution is 0.415. The fourth-order valence-corrected chi connectivity index (χ4v) is 2.13. The number of aromatic nitrogens is 1. The normalized spacial score (nSPS) is 10.6. The van der Waals surface area contributed by atoms with Crippen molar-refractivity contribution in [2.24, 2.45) is 0 Å². The van der Waals surface area contributed by atoms with Crippen molar-refractivity contribution in [2.75, 3.05) is 7.11 Å². The van der Waals surface area contributed by atoms with Crippen LogP contribution in [0.1, 0.15) is 5.56 Å². The van der Waals surface area contributed by atoms with E-state index in [1.54, 1.807) is 7.11 Å². The fraction of sp³-hybridized carbons (Fsp3) is 0.118. The average Bonchev–Trinajstić information content (AvgIpc) is 2.47. The zero-order valence-electron chi connectivity index (χ0n) is 11.1. The summed E-state index contributed by atoms with van der Waals surface area (Å²) in [5.41, 5.74) is 3.40. The van der Waals surface area contributed by atoms with E-state index in [1.165, 1.54) is 10.9 Å². The van der Waals surface area contributed by atoms with Crippen LogP contribution in [0, 0.1) is 6.92 Å². The molecule has 0 saturated carbocycles. The molecule has 0 unspecified atom stereocenters. The molecule has 0 aliphatic carbocycles. The van der Waals surface area contributed by atoms with E-state index < -0.39 is 0 Å². The SMILES string of the molecule is COc1ccc2cc(-c3ccc(C)cc3)ncc2c1. The lowest BCUT2D eigenvalue weighted by Gasteiger charge is -2.05. The highest BCUT2D eigenvalue weighted by atomic mass is 16.5. The van der Waals surface area contributed by atoms with Gasteiger partial charge in [-0.1, -0.05) is 35.9 Å². The van der Waals surface area contributed by atoms with Gasteiger partial charge in [-0.3, -0.25) is 4.98 Å². The maximum absolute atomic E-state index is 5.22. The predicted molar refractivity (Wildman–Crippen MR) is 78.5 cm³/mol. The highest BCUT2D eigenvalue weighted by molar-refractivity contribution is 5.86. The van der Waals surface area contributed by atoms with Crippen LogP contribution in [-0.2, 0) is 0 Å². The van der Waals surface area contributed by atoms with E-state index in [0.29, 0.717) is 0 Å². The second kappa shape index (κ2) is 4.73. The molecule has 0 N–H and O–H groups in total. The van der Waals surface area contributed by atoms with Crippen molar-refractivity contribution in [3.63, 3.8) is 0 Å². The summed E-state index contributed by atoms with van der Waals surface area (Å²) in [6.07, 6.45) is 1.90. The van der Waals surface area contributed by atoms with Gasteiger partial charge in [0.25, 0.3) is 0 Å². The second-order valence-corrected chi connectivity index (χ2v) is 4.65. The molecule has 0 bridgehead atoms. The van der Waals surface area contributed by atoms with E-state index >= 15 is 0 Å². The van der Waals surface area contributed by atoms with Gasteiger partial charge in [-0.25, -0.2) is 0 Å². The van der Waals surface area contributed by atoms with Crippen LogP contribution in [0.2, 0.25) is 0 Å². The van der Waals surface area contributed by atoms with E-state index in [4.69, 9.17) is 4.74 Å². The molecule has 1 heterocycles. The molecule has 0 spiro atoms. The predicted octanol–water partition coefficient (Wildman–Crippen LogP) is 4.22. The number of ether oxygens (including phenoxy) is 1. The number of benzene rings is 2. The van der Waals surface area contributed by atoms with Gasteiger partial charge in [-0.2, -0.15) is 0 Å². The quantitative estimate of drug-likeness (QED) is 0.678. The van der Waals surface area contributed by atoms with E-state index in [1.807, 2.05) is 18.3 Å². The summed E-state index contributed by atoms with van der Waals surface area (Å²) < 4.78 is 5.22. The van der Waals surface area contributed by atoms with Gasteiger partial charge >= 0.3 is 0 Å². The summed E-state index contributed by atoms with van der Waals surface area (Å²) in [5.74, 6) is 0.859. The Morgan fingerprint density at radius 1 is 0.895 bits per heavy atom. The van der Waals surface area contributed by atoms with Crippen LogP contribution in [-0.4, -0.2) is 12.1 Å². The van der Waals surface area contributed by atoms with Gasteiger partial charge in [0.15, 0.2) is 0 Å². The number of fused-ring (bicyclic) bond motifs is 1. The second-order valence-electron chi connectivity index (χ2n) is 4.65. The van der Waals surface area contributed by atoms with Crippen molar-refractivity contribution in [2.45, 2.75) is 6.92 Å². The molecule has 94 valence electrons. The Bertz CT molecular complexity index is 717. The first-order chi connectivity index (χ1) is 9.26. The third-order valence-electron chi connectivity index (χ3n) is 3.28. The molecule has 1 aromatic heterocycles. The molecule has 0 saturated heterocycles. The van der Waals surface area contributed by atoms with Gasteiger partial charge in [0, 0.05) is 17.1 Å². The lowest BCUT2D eigenvalue weighted by Crippen LogP contribution is -1.86. The lowest BCUT2D eigenvalue weighted by atomic mass is 10.1. The van der Waals surface area contributed by atoms with Gasteiger partial charge < -0.3 is 4.74 Å². The van der Waals surface area contributed by atoms with Crippen molar-refractivity contribution < 1.29 is 4.74 Å². The largest absolute Gasteiger partial charge is 0.497 e. The molecule has 0 radical (unpaired) electrons. The minimum absolute atomic E-state index is 0.859. The van der Waals surface area contributed by atoms with Crippen molar-refractivity contribution >= 4 is 10.8 Å². The molecule has 0 fully saturated rings. The average molecular weight is 249 g/mol. The number of pyridine rings is 1. The number of aryl methyl sites for hydroxylation is 1. The van der Waals surface area contributed by atoms with Crippen LogP contribution in [0.3, 0.4) is 0 Å². The Morgan fingerprint density at radius 3 is 2.42 bits per heavy atom. The van der Waals surface area contributed by atoms with Crippen molar-refractivity contribution in [3.8, 4) is 17.0 Å². The zero-order valence-corrected chi connectivity index (χ0v) is 11.1. The molecular formula is C17H15NO. The summed E-state index contributed by atoms with van der Waals surface area (Å²) >= 11 is 0. The highest BCUT2D eigenvalue weighted by Gasteiger charge is 2.02. The van der Waals surface area contributed by atoms with Crippen molar-refractivity contribution in [1.29, 1.82) is 0 Å². The first-order valence-corrected chi connectivity index (χ1v) is 6.27. The molecular weight excluding hydrogens is 234 g/mol. The maximum Gasteiger partial charge on any atom is 0.119 e. The number of hydrogen-bond donors (Lipinski definition) is 0. The minimum atomic E-state index is 0.859. The van der Waals surface area contributed by atoms with E-state index in [2.05, 4.69) is 48.3 Å². The minimum Gasteiger partial charge on any atom is -0.497 e. The molecule has 0 amide bonds. The summed E-state index contributed by atoms with van der Waals surface area (Å²) in [6.45, 7) is 2.09. The monoisotopic (exact) mass is 249 g/mol. The molecule has 0 aliphatic heterocycles. The highest BCUT2D eigenvalue weighted by Crippen LogP contribution is 2.25. The van der Waals surface area contributed by atoms with E-state index in [-0.39, 0.29) is 0 Å². The standard InChI is InChI=1S/C17H15NO/c1-12-3-5-13(6-4-12)17-10-14-7-8-16(19-2)9-15(14)11-18-17/h3-11H,1-2H3. The molecule has 19 heavy (non-hydrogen) atoms. The van der Waals surface area contributed by atoms with Crippen LogP contribution in [0.25, 0.3) is 22.0 Å². The van der Waals surface area contributed by atoms with Crippen LogP contribution in [0.4, 0.5) is 0 Å². The topological polar surface area (TPSA) is 22.1 Å². The van der Waals surface area contributed by atoms with E-state index in [0.717, 1.165) is 22.4 Å². The zero-order chi connectivity index (χ0) is 13.2. The van der Waals surface area contributed by atoms with Crippen molar-refractivity contribution in [3.05, 3.63) is 60.3 Å². The van der Waals surface area contributed by atoms with Gasteiger partial charge in [0.1, 0.15) is 5.75 Å². The van der Waals surface area contributed by atoms with E-state index in [9.17, 15) is 0 Å². The molecule has 2 aromatic carbocycles. The maximum atomic E-state index is 5.22. The fourth-order valence-electron chi connectivity index (χ4n) is 2.13. The van der Waals surface area contributed by atoms with Gasteiger partial charge in [0.05, 0.1) is 12.8 Å². The smallest absolute Gasteiger partial charge is 0.119 e. The molecule has 3 rings (SSSR count). The van der Waals surface area contributed by atoms with Crippen LogP contribution >= 0.6 is 0 Å². The number of rotatable bonds is 2. The summed E-state index contributed by atoms with van der Waals surface area (Å²) in [6, 6.07) is 16.6. The Hall–Kier alpha value is -2.35. The third-order valence-corrected chi connectivity index (χ3v) is 3.28. The Balaban J connectivity index is 2.08. The van der Waals surface area contributed by atoms with Crippen LogP contribution in [0.15, 0.2) is 54.7 Å². The molecule has 3 aromatic rings. The van der Waals surface area contributed by atoms with Gasteiger partial charge in [-0.15, -0.1) is 0 Å². The number of methoxy groups -OCH3 is 1. The first kappa shape index (κ1) is 11.7. The number of nitrogens with zero attached hydrogens (tertiary/aromatic N) is 1. The van der Waals surface area contributed by atoms with Crippen LogP contribution in [0.5, 0.6) is 5.75 Å². The Kier molecular flexibility index (Phi) is 2.92. The Morgan fingerprint density at radius 2 is 1.68 bits per heavy atom. The van der Waals surface area contributed by atoms with Crippen molar-refractivity contribution in [1.82, 2.24) is 4.98 Å². The molecule has 2 heteroatoms. The molecule has 2 nitrogen and oxygen atoms in total. The van der Waals surface area contributed by atoms with Gasteiger partial charge in [-0.05, 0) is 30.5 Å². The first-order valence-electron chi connectivity index (χ1n) is 6.27. The van der Waals surface area contributed by atoms with Crippen LogP contribution < -0.4 is 4.74 Å². The van der Waals surface area contributed by atoms with Gasteiger partial charge in [0.2, 0.25) is 0 Å². The molecule has 0 atom stereocenters. The summed E-state index contributed by atoms with van der Waals surface area (Å²) in [7, 11) is 1.68. The molecule has 0 aliphatic rings. The summed E-state index contributed by atoms with van der Waals surface area (Å²) in [4.78, 5) is 4.53. The third kappa shape index (κ3) is 2.29.